The molecule has 1 atom stereocenters. The van der Waals surface area contributed by atoms with E-state index in [1.54, 1.807) is 18.6 Å². The first-order valence-electron chi connectivity index (χ1n) is 7.87. The van der Waals surface area contributed by atoms with E-state index in [2.05, 4.69) is 9.97 Å². The molecule has 1 aromatic carbocycles. The summed E-state index contributed by atoms with van der Waals surface area (Å²) in [5.74, 6) is 1.04. The Kier molecular flexibility index (Phi) is 3.57. The van der Waals surface area contributed by atoms with E-state index < -0.39 is 0 Å². The van der Waals surface area contributed by atoms with E-state index in [1.165, 1.54) is 0 Å². The van der Waals surface area contributed by atoms with E-state index in [0.29, 0.717) is 19.7 Å². The van der Waals surface area contributed by atoms with Crippen molar-refractivity contribution in [2.75, 3.05) is 31.1 Å². The lowest BCUT2D eigenvalue weighted by atomic mass is 10.1. The summed E-state index contributed by atoms with van der Waals surface area (Å²) in [5.41, 5.74) is 1.82. The summed E-state index contributed by atoms with van der Waals surface area (Å²) in [6.45, 7) is 2.56. The van der Waals surface area contributed by atoms with Crippen molar-refractivity contribution in [3.05, 3.63) is 48.5 Å². The van der Waals surface area contributed by atoms with Gasteiger partial charge in [-0.3, -0.25) is 14.9 Å². The van der Waals surface area contributed by atoms with Crippen molar-refractivity contribution in [3.63, 3.8) is 0 Å². The molecule has 0 aliphatic carbocycles. The standard InChI is InChI=1S/C17H18N4O2/c22-17(21-9-10-23-16-4-2-1-3-15(16)21)20-8-5-13(12-20)14-11-18-6-7-19-14/h1-4,6-7,11,13H,5,8-10,12H2. The highest BCUT2D eigenvalue weighted by atomic mass is 16.5. The molecule has 0 saturated carbocycles. The molecule has 1 fully saturated rings. The fourth-order valence-corrected chi connectivity index (χ4v) is 3.24. The van der Waals surface area contributed by atoms with E-state index in [0.717, 1.165) is 30.1 Å². The first-order valence-corrected chi connectivity index (χ1v) is 7.87. The SMILES string of the molecule is O=C(N1CCC(c2cnccn2)C1)N1CCOc2ccccc21. The third kappa shape index (κ3) is 2.60. The number of nitrogens with zero attached hydrogens (tertiary/aromatic N) is 4. The van der Waals surface area contributed by atoms with Crippen LogP contribution in [-0.4, -0.2) is 47.1 Å². The predicted octanol–water partition coefficient (Wildman–Crippen LogP) is 2.28. The second-order valence-electron chi connectivity index (χ2n) is 5.81. The van der Waals surface area contributed by atoms with Gasteiger partial charge in [-0.1, -0.05) is 12.1 Å². The summed E-state index contributed by atoms with van der Waals surface area (Å²) in [4.78, 5) is 25.1. The Labute approximate surface area is 134 Å². The minimum absolute atomic E-state index is 0.0483. The van der Waals surface area contributed by atoms with Crippen LogP contribution < -0.4 is 9.64 Å². The summed E-state index contributed by atoms with van der Waals surface area (Å²) in [7, 11) is 0. The molecule has 2 aliphatic rings. The third-order valence-electron chi connectivity index (χ3n) is 4.42. The van der Waals surface area contributed by atoms with Crippen LogP contribution in [0.3, 0.4) is 0 Å². The predicted molar refractivity (Wildman–Crippen MR) is 85.6 cm³/mol. The monoisotopic (exact) mass is 310 g/mol. The van der Waals surface area contributed by atoms with Gasteiger partial charge in [0.05, 0.1) is 17.9 Å². The number of fused-ring (bicyclic) bond motifs is 1. The maximum atomic E-state index is 12.9. The van der Waals surface area contributed by atoms with Gasteiger partial charge >= 0.3 is 6.03 Å². The molecule has 2 amide bonds. The molecule has 6 heteroatoms. The van der Waals surface area contributed by atoms with E-state index in [1.807, 2.05) is 34.1 Å². The molecule has 6 nitrogen and oxygen atoms in total. The molecule has 2 aliphatic heterocycles. The quantitative estimate of drug-likeness (QED) is 0.811. The summed E-state index contributed by atoms with van der Waals surface area (Å²) in [5, 5.41) is 0. The molecule has 118 valence electrons. The number of anilines is 1. The normalized spacial score (nSPS) is 20.1. The van der Waals surface area contributed by atoms with Crippen LogP contribution in [0.4, 0.5) is 10.5 Å². The fourth-order valence-electron chi connectivity index (χ4n) is 3.24. The van der Waals surface area contributed by atoms with Gasteiger partial charge in [0.15, 0.2) is 0 Å². The van der Waals surface area contributed by atoms with Gasteiger partial charge in [-0.05, 0) is 18.6 Å². The Morgan fingerprint density at radius 2 is 2.13 bits per heavy atom. The molecule has 0 bridgehead atoms. The number of carbonyl (C=O) groups is 1. The van der Waals surface area contributed by atoms with E-state index >= 15 is 0 Å². The number of ether oxygens (including phenoxy) is 1. The van der Waals surface area contributed by atoms with Crippen LogP contribution in [0, 0.1) is 0 Å². The molecule has 23 heavy (non-hydrogen) atoms. The minimum Gasteiger partial charge on any atom is -0.490 e. The number of para-hydroxylation sites is 2. The van der Waals surface area contributed by atoms with Crippen molar-refractivity contribution < 1.29 is 9.53 Å². The topological polar surface area (TPSA) is 58.6 Å². The highest BCUT2D eigenvalue weighted by Crippen LogP contribution is 2.33. The zero-order valence-corrected chi connectivity index (χ0v) is 12.8. The third-order valence-corrected chi connectivity index (χ3v) is 4.42. The van der Waals surface area contributed by atoms with Crippen molar-refractivity contribution in [1.82, 2.24) is 14.9 Å². The Hall–Kier alpha value is -2.63. The van der Waals surface area contributed by atoms with E-state index in [9.17, 15) is 4.79 Å². The van der Waals surface area contributed by atoms with Crippen LogP contribution >= 0.6 is 0 Å². The molecule has 4 rings (SSSR count). The number of hydrogen-bond donors (Lipinski definition) is 0. The lowest BCUT2D eigenvalue weighted by Gasteiger charge is -2.32. The molecule has 0 N–H and O–H groups in total. The number of rotatable bonds is 1. The highest BCUT2D eigenvalue weighted by Gasteiger charge is 2.33. The lowest BCUT2D eigenvalue weighted by Crippen LogP contribution is -2.45. The van der Waals surface area contributed by atoms with Crippen molar-refractivity contribution in [1.29, 1.82) is 0 Å². The Bertz CT molecular complexity index is 707. The van der Waals surface area contributed by atoms with Gasteiger partial charge in [0.2, 0.25) is 0 Å². The van der Waals surface area contributed by atoms with E-state index in [-0.39, 0.29) is 11.9 Å². The molecule has 0 radical (unpaired) electrons. The van der Waals surface area contributed by atoms with Crippen molar-refractivity contribution in [3.8, 4) is 5.75 Å². The molecule has 1 saturated heterocycles. The molecule has 1 unspecified atom stereocenters. The van der Waals surface area contributed by atoms with Gasteiger partial charge in [-0.15, -0.1) is 0 Å². The summed E-state index contributed by atoms with van der Waals surface area (Å²) in [6.07, 6.45) is 6.10. The maximum absolute atomic E-state index is 12.9. The van der Waals surface area contributed by atoms with Crippen LogP contribution in [0.1, 0.15) is 18.0 Å². The van der Waals surface area contributed by atoms with Crippen LogP contribution in [0.15, 0.2) is 42.9 Å². The average Bonchev–Trinajstić information content (AvgIpc) is 3.11. The molecule has 3 heterocycles. The van der Waals surface area contributed by atoms with Crippen molar-refractivity contribution >= 4 is 11.7 Å². The van der Waals surface area contributed by atoms with Gasteiger partial charge in [-0.2, -0.15) is 0 Å². The van der Waals surface area contributed by atoms with E-state index in [4.69, 9.17) is 4.74 Å². The van der Waals surface area contributed by atoms with Gasteiger partial charge in [0.25, 0.3) is 0 Å². The van der Waals surface area contributed by atoms with Gasteiger partial charge in [0, 0.05) is 37.6 Å². The first-order chi connectivity index (χ1) is 11.3. The van der Waals surface area contributed by atoms with Crippen LogP contribution in [-0.2, 0) is 0 Å². The number of carbonyl (C=O) groups excluding carboxylic acids is 1. The number of likely N-dealkylation sites (tertiary alicyclic amines) is 1. The average molecular weight is 310 g/mol. The molecular weight excluding hydrogens is 292 g/mol. The molecular formula is C17H18N4O2. The molecule has 0 spiro atoms. The molecule has 1 aromatic heterocycles. The lowest BCUT2D eigenvalue weighted by molar-refractivity contribution is 0.209. The van der Waals surface area contributed by atoms with Crippen LogP contribution in [0.25, 0.3) is 0 Å². The van der Waals surface area contributed by atoms with Crippen LogP contribution in [0.5, 0.6) is 5.75 Å². The first kappa shape index (κ1) is 14.0. The van der Waals surface area contributed by atoms with Crippen molar-refractivity contribution in [2.24, 2.45) is 0 Å². The van der Waals surface area contributed by atoms with Crippen molar-refractivity contribution in [2.45, 2.75) is 12.3 Å². The maximum Gasteiger partial charge on any atom is 0.324 e. The number of urea groups is 1. The summed E-state index contributed by atoms with van der Waals surface area (Å²) in [6, 6.07) is 7.74. The number of hydrogen-bond acceptors (Lipinski definition) is 4. The summed E-state index contributed by atoms with van der Waals surface area (Å²) >= 11 is 0. The minimum atomic E-state index is 0.0483. The highest BCUT2D eigenvalue weighted by molar-refractivity contribution is 5.94. The Morgan fingerprint density at radius 3 is 3.00 bits per heavy atom. The van der Waals surface area contributed by atoms with Gasteiger partial charge < -0.3 is 9.64 Å². The zero-order valence-electron chi connectivity index (χ0n) is 12.8. The Morgan fingerprint density at radius 1 is 1.22 bits per heavy atom. The largest absolute Gasteiger partial charge is 0.490 e. The zero-order chi connectivity index (χ0) is 15.6. The Balaban J connectivity index is 1.51. The summed E-state index contributed by atoms with van der Waals surface area (Å²) < 4.78 is 5.63. The number of amides is 2. The fraction of sp³-hybridized carbons (Fsp3) is 0.353. The smallest absolute Gasteiger partial charge is 0.324 e. The number of benzene rings is 1. The molecule has 2 aromatic rings. The van der Waals surface area contributed by atoms with Gasteiger partial charge in [0.1, 0.15) is 12.4 Å². The second-order valence-corrected chi connectivity index (χ2v) is 5.81. The van der Waals surface area contributed by atoms with Gasteiger partial charge in [-0.25, -0.2) is 4.79 Å². The number of aromatic nitrogens is 2. The van der Waals surface area contributed by atoms with Crippen LogP contribution in [0.2, 0.25) is 0 Å². The second kappa shape index (κ2) is 5.87.